The van der Waals surface area contributed by atoms with Crippen LogP contribution in [0.3, 0.4) is 0 Å². The van der Waals surface area contributed by atoms with Crippen molar-refractivity contribution in [1.82, 2.24) is 4.90 Å². The summed E-state index contributed by atoms with van der Waals surface area (Å²) in [5, 5.41) is 0. The molecule has 70 valence electrons. The zero-order valence-electron chi connectivity index (χ0n) is 7.39. The zero-order chi connectivity index (χ0) is 9.14. The Morgan fingerprint density at radius 1 is 1.75 bits per heavy atom. The van der Waals surface area contributed by atoms with Crippen molar-refractivity contribution in [3.8, 4) is 0 Å². The molecule has 2 atom stereocenters. The number of halogens is 2. The fourth-order valence-corrected chi connectivity index (χ4v) is 1.75. The van der Waals surface area contributed by atoms with Gasteiger partial charge in [-0.3, -0.25) is 0 Å². The topological polar surface area (TPSA) is 3.24 Å². The van der Waals surface area contributed by atoms with Crippen LogP contribution in [-0.2, 0) is 0 Å². The molecule has 0 radical (unpaired) electrons. The third-order valence-corrected chi connectivity index (χ3v) is 2.73. The first-order valence-electron chi connectivity index (χ1n) is 4.20. The van der Waals surface area contributed by atoms with E-state index in [0.29, 0.717) is 24.9 Å². The maximum atomic E-state index is 12.9. The average molecular weight is 192 g/mol. The Labute approximate surface area is 78.2 Å². The summed E-state index contributed by atoms with van der Waals surface area (Å²) >= 11 is 5.60. The van der Waals surface area contributed by atoms with Gasteiger partial charge in [0, 0.05) is 18.5 Å². The van der Waals surface area contributed by atoms with Gasteiger partial charge in [0.1, 0.15) is 6.17 Å². The lowest BCUT2D eigenvalue weighted by Crippen LogP contribution is -2.25. The first-order valence-corrected chi connectivity index (χ1v) is 4.74. The Bertz CT molecular complexity index is 172. The SMILES string of the molecule is C=C(CCl)C[C@@H]1C[C@@H](F)CN1C. The molecule has 1 nitrogen and oxygen atoms in total. The molecule has 0 spiro atoms. The van der Waals surface area contributed by atoms with Crippen molar-refractivity contribution in [2.24, 2.45) is 0 Å². The predicted octanol–water partition coefficient (Wildman–Crippen LogP) is 2.21. The molecule has 0 bridgehead atoms. The predicted molar refractivity (Wildman–Crippen MR) is 50.4 cm³/mol. The molecule has 0 aromatic heterocycles. The van der Waals surface area contributed by atoms with Crippen LogP contribution in [0.5, 0.6) is 0 Å². The lowest BCUT2D eigenvalue weighted by atomic mass is 10.1. The Kier molecular flexibility index (Phi) is 3.53. The molecule has 0 aromatic rings. The summed E-state index contributed by atoms with van der Waals surface area (Å²) in [4.78, 5) is 2.04. The van der Waals surface area contributed by atoms with Gasteiger partial charge in [-0.15, -0.1) is 11.6 Å². The highest BCUT2D eigenvalue weighted by Crippen LogP contribution is 2.23. The lowest BCUT2D eigenvalue weighted by molar-refractivity contribution is 0.293. The van der Waals surface area contributed by atoms with Gasteiger partial charge in [0.05, 0.1) is 0 Å². The van der Waals surface area contributed by atoms with E-state index in [-0.39, 0.29) is 0 Å². The van der Waals surface area contributed by atoms with Gasteiger partial charge < -0.3 is 4.90 Å². The van der Waals surface area contributed by atoms with E-state index in [1.54, 1.807) is 0 Å². The molecule has 0 unspecified atom stereocenters. The van der Waals surface area contributed by atoms with E-state index in [0.717, 1.165) is 12.0 Å². The van der Waals surface area contributed by atoms with Crippen molar-refractivity contribution in [3.05, 3.63) is 12.2 Å². The standard InChI is InChI=1S/C9H15ClFN/c1-7(5-10)3-9-4-8(11)6-12(9)2/h8-9H,1,3-6H2,2H3/t8-,9-/m1/s1. The molecular weight excluding hydrogens is 177 g/mol. The molecule has 1 aliphatic rings. The fraction of sp³-hybridized carbons (Fsp3) is 0.778. The van der Waals surface area contributed by atoms with Gasteiger partial charge in [-0.2, -0.15) is 0 Å². The molecule has 1 aliphatic heterocycles. The van der Waals surface area contributed by atoms with Crippen molar-refractivity contribution in [1.29, 1.82) is 0 Å². The molecule has 3 heteroatoms. The molecule has 12 heavy (non-hydrogen) atoms. The number of nitrogens with zero attached hydrogens (tertiary/aromatic N) is 1. The molecule has 1 saturated heterocycles. The molecule has 0 aliphatic carbocycles. The molecular formula is C9H15ClFN. The smallest absolute Gasteiger partial charge is 0.114 e. The maximum absolute atomic E-state index is 12.9. The van der Waals surface area contributed by atoms with E-state index in [2.05, 4.69) is 6.58 Å². The van der Waals surface area contributed by atoms with E-state index >= 15 is 0 Å². The van der Waals surface area contributed by atoms with Gasteiger partial charge in [0.15, 0.2) is 0 Å². The van der Waals surface area contributed by atoms with Crippen molar-refractivity contribution in [3.63, 3.8) is 0 Å². The molecule has 0 amide bonds. The molecule has 0 N–H and O–H groups in total. The molecule has 1 rings (SSSR count). The molecule has 0 aromatic carbocycles. The third kappa shape index (κ3) is 2.46. The van der Waals surface area contributed by atoms with Gasteiger partial charge in [-0.05, 0) is 19.9 Å². The summed E-state index contributed by atoms with van der Waals surface area (Å²) in [6, 6.07) is 0.311. The average Bonchev–Trinajstić information content (AvgIpc) is 2.30. The summed E-state index contributed by atoms with van der Waals surface area (Å²) in [5.74, 6) is 0.487. The Morgan fingerprint density at radius 3 is 2.83 bits per heavy atom. The van der Waals surface area contributed by atoms with Crippen LogP contribution in [-0.4, -0.2) is 36.6 Å². The first kappa shape index (κ1) is 10.0. The quantitative estimate of drug-likeness (QED) is 0.489. The van der Waals surface area contributed by atoms with Crippen LogP contribution in [0.2, 0.25) is 0 Å². The van der Waals surface area contributed by atoms with Gasteiger partial charge in [0.2, 0.25) is 0 Å². The first-order chi connectivity index (χ1) is 5.63. The summed E-state index contributed by atoms with van der Waals surface area (Å²) in [6.45, 7) is 4.37. The highest BCUT2D eigenvalue weighted by molar-refractivity contribution is 6.19. The third-order valence-electron chi connectivity index (χ3n) is 2.35. The minimum Gasteiger partial charge on any atom is -0.300 e. The van der Waals surface area contributed by atoms with Crippen LogP contribution in [0, 0.1) is 0 Å². The summed E-state index contributed by atoms with van der Waals surface area (Å²) in [5.41, 5.74) is 1.00. The van der Waals surface area contributed by atoms with Crippen molar-refractivity contribution >= 4 is 11.6 Å². The van der Waals surface area contributed by atoms with Crippen LogP contribution in [0.25, 0.3) is 0 Å². The van der Waals surface area contributed by atoms with E-state index in [4.69, 9.17) is 11.6 Å². The van der Waals surface area contributed by atoms with Crippen molar-refractivity contribution in [2.75, 3.05) is 19.5 Å². The summed E-state index contributed by atoms with van der Waals surface area (Å²) in [6.07, 6.45) is 0.801. The number of alkyl halides is 2. The second-order valence-corrected chi connectivity index (χ2v) is 3.78. The summed E-state index contributed by atoms with van der Waals surface area (Å²) in [7, 11) is 1.95. The van der Waals surface area contributed by atoms with E-state index in [1.165, 1.54) is 0 Å². The number of hydrogen-bond donors (Lipinski definition) is 0. The Morgan fingerprint density at radius 2 is 2.42 bits per heavy atom. The van der Waals surface area contributed by atoms with Gasteiger partial charge >= 0.3 is 0 Å². The highest BCUT2D eigenvalue weighted by atomic mass is 35.5. The van der Waals surface area contributed by atoms with Crippen LogP contribution in [0.4, 0.5) is 4.39 Å². The van der Waals surface area contributed by atoms with Crippen molar-refractivity contribution in [2.45, 2.75) is 25.1 Å². The van der Waals surface area contributed by atoms with Gasteiger partial charge in [0.25, 0.3) is 0 Å². The number of rotatable bonds is 3. The van der Waals surface area contributed by atoms with Crippen LogP contribution >= 0.6 is 11.6 Å². The Hall–Kier alpha value is -0.0800. The van der Waals surface area contributed by atoms with E-state index in [9.17, 15) is 4.39 Å². The maximum Gasteiger partial charge on any atom is 0.114 e. The van der Waals surface area contributed by atoms with Gasteiger partial charge in [-0.1, -0.05) is 12.2 Å². The minimum atomic E-state index is -0.664. The Balaban J connectivity index is 2.37. The molecule has 0 saturated carbocycles. The molecule has 1 heterocycles. The van der Waals surface area contributed by atoms with E-state index in [1.807, 2.05) is 11.9 Å². The molecule has 1 fully saturated rings. The number of hydrogen-bond acceptors (Lipinski definition) is 1. The van der Waals surface area contributed by atoms with Gasteiger partial charge in [-0.25, -0.2) is 4.39 Å². The normalized spacial score (nSPS) is 30.9. The van der Waals surface area contributed by atoms with Crippen molar-refractivity contribution < 1.29 is 4.39 Å². The largest absolute Gasteiger partial charge is 0.300 e. The van der Waals surface area contributed by atoms with Crippen LogP contribution in [0.15, 0.2) is 12.2 Å². The fourth-order valence-electron chi connectivity index (χ4n) is 1.64. The monoisotopic (exact) mass is 191 g/mol. The minimum absolute atomic E-state index is 0.311. The van der Waals surface area contributed by atoms with Crippen LogP contribution in [0.1, 0.15) is 12.8 Å². The summed E-state index contributed by atoms with van der Waals surface area (Å²) < 4.78 is 12.9. The zero-order valence-corrected chi connectivity index (χ0v) is 8.15. The highest BCUT2D eigenvalue weighted by Gasteiger charge is 2.29. The second-order valence-electron chi connectivity index (χ2n) is 3.51. The van der Waals surface area contributed by atoms with Crippen LogP contribution < -0.4 is 0 Å². The van der Waals surface area contributed by atoms with E-state index < -0.39 is 6.17 Å². The lowest BCUT2D eigenvalue weighted by Gasteiger charge is -2.18. The second kappa shape index (κ2) is 4.24. The number of likely N-dealkylation sites (tertiary alicyclic amines) is 1.